The van der Waals surface area contributed by atoms with Crippen molar-refractivity contribution < 1.29 is 0 Å². The average Bonchev–Trinajstić information content (AvgIpc) is 2.49. The minimum atomic E-state index is 0.510. The second-order valence-corrected chi connectivity index (χ2v) is 6.08. The zero-order valence-electron chi connectivity index (χ0n) is 13.2. The molecule has 0 aromatic carbocycles. The van der Waals surface area contributed by atoms with Gasteiger partial charge in [-0.15, -0.1) is 0 Å². The molecule has 1 aromatic rings. The first-order valence-corrected chi connectivity index (χ1v) is 7.62. The molecule has 5 heteroatoms. The van der Waals surface area contributed by atoms with Gasteiger partial charge in [0.25, 0.3) is 0 Å². The van der Waals surface area contributed by atoms with Crippen LogP contribution in [0.1, 0.15) is 19.4 Å². The van der Waals surface area contributed by atoms with E-state index >= 15 is 0 Å². The Labute approximate surface area is 127 Å². The van der Waals surface area contributed by atoms with Gasteiger partial charge in [-0.05, 0) is 25.1 Å². The maximum absolute atomic E-state index is 8.79. The Balaban J connectivity index is 1.92. The molecule has 0 bridgehead atoms. The molecule has 1 aliphatic heterocycles. The number of rotatable bonds is 5. The lowest BCUT2D eigenvalue weighted by Crippen LogP contribution is -2.52. The molecule has 1 atom stereocenters. The molecule has 114 valence electrons. The third-order valence-electron chi connectivity index (χ3n) is 4.16. The molecule has 2 rings (SSSR count). The van der Waals surface area contributed by atoms with Gasteiger partial charge < -0.3 is 10.2 Å². The number of likely N-dealkylation sites (N-methyl/N-ethyl adjacent to an activating group) is 1. The van der Waals surface area contributed by atoms with E-state index in [0.717, 1.165) is 38.5 Å². The summed E-state index contributed by atoms with van der Waals surface area (Å²) in [6.45, 7) is 9.97. The summed E-state index contributed by atoms with van der Waals surface area (Å²) in [7, 11) is 2.18. The number of nitrogens with one attached hydrogen (secondary N) is 1. The van der Waals surface area contributed by atoms with Crippen LogP contribution < -0.4 is 5.32 Å². The van der Waals surface area contributed by atoms with E-state index in [1.165, 1.54) is 0 Å². The maximum Gasteiger partial charge on any atom is 0.126 e. The molecule has 1 N–H and O–H groups in total. The van der Waals surface area contributed by atoms with Crippen LogP contribution in [0.15, 0.2) is 18.3 Å². The number of hydrogen-bond acceptors (Lipinski definition) is 5. The lowest BCUT2D eigenvalue weighted by Gasteiger charge is -2.40. The van der Waals surface area contributed by atoms with Gasteiger partial charge in [0.2, 0.25) is 0 Å². The molecule has 2 heterocycles. The summed E-state index contributed by atoms with van der Waals surface area (Å²) >= 11 is 0. The first-order valence-electron chi connectivity index (χ1n) is 7.62. The van der Waals surface area contributed by atoms with E-state index in [2.05, 4.69) is 47.1 Å². The van der Waals surface area contributed by atoms with Crippen LogP contribution in [0.3, 0.4) is 0 Å². The first kappa shape index (κ1) is 15.7. The quantitative estimate of drug-likeness (QED) is 0.892. The van der Waals surface area contributed by atoms with Crippen molar-refractivity contribution >= 4 is 5.82 Å². The van der Waals surface area contributed by atoms with Gasteiger partial charge in [0.05, 0.1) is 5.56 Å². The molecule has 1 fully saturated rings. The Morgan fingerprint density at radius 2 is 2.00 bits per heavy atom. The summed E-state index contributed by atoms with van der Waals surface area (Å²) in [4.78, 5) is 9.23. The molecular formula is C16H25N5. The molecule has 5 nitrogen and oxygen atoms in total. The minimum Gasteiger partial charge on any atom is -0.368 e. The van der Waals surface area contributed by atoms with E-state index < -0.39 is 0 Å². The van der Waals surface area contributed by atoms with Crippen molar-refractivity contribution in [3.63, 3.8) is 0 Å². The van der Waals surface area contributed by atoms with E-state index in [9.17, 15) is 0 Å². The van der Waals surface area contributed by atoms with Crippen LogP contribution in [-0.4, -0.2) is 60.6 Å². The lowest BCUT2D eigenvalue weighted by atomic mass is 10.0. The molecule has 1 saturated heterocycles. The summed E-state index contributed by atoms with van der Waals surface area (Å²) in [5.41, 5.74) is 0.597. The predicted octanol–water partition coefficient (Wildman–Crippen LogP) is 1.64. The second kappa shape index (κ2) is 7.39. The highest BCUT2D eigenvalue weighted by molar-refractivity contribution is 5.39. The number of nitrogens with zero attached hydrogens (tertiary/aromatic N) is 4. The van der Waals surface area contributed by atoms with E-state index in [1.807, 2.05) is 6.07 Å². The number of hydrogen-bond donors (Lipinski definition) is 1. The molecule has 0 amide bonds. The van der Waals surface area contributed by atoms with Crippen molar-refractivity contribution in [1.29, 1.82) is 5.26 Å². The van der Waals surface area contributed by atoms with E-state index in [1.54, 1.807) is 12.3 Å². The van der Waals surface area contributed by atoms with Crippen molar-refractivity contribution in [3.05, 3.63) is 23.9 Å². The van der Waals surface area contributed by atoms with Gasteiger partial charge in [-0.3, -0.25) is 4.90 Å². The van der Waals surface area contributed by atoms with Gasteiger partial charge in [-0.25, -0.2) is 4.98 Å². The van der Waals surface area contributed by atoms with Gasteiger partial charge >= 0.3 is 0 Å². The normalized spacial score (nSPS) is 18.4. The standard InChI is InChI=1S/C16H25N5/c1-13(2)15(21-8-6-20(3)7-9-21)12-19-16-5-4-14(10-17)11-18-16/h4-5,11,13,15H,6-9,12H2,1-3H3,(H,18,19). The molecule has 21 heavy (non-hydrogen) atoms. The SMILES string of the molecule is CC(C)C(CNc1ccc(C#N)cn1)N1CCN(C)CC1. The molecule has 0 aliphatic carbocycles. The van der Waals surface area contributed by atoms with Gasteiger partial charge in [0.15, 0.2) is 0 Å². The van der Waals surface area contributed by atoms with Crippen LogP contribution in [-0.2, 0) is 0 Å². The highest BCUT2D eigenvalue weighted by Crippen LogP contribution is 2.14. The Morgan fingerprint density at radius 3 is 2.52 bits per heavy atom. The van der Waals surface area contributed by atoms with Gasteiger partial charge in [0, 0.05) is 45.0 Å². The molecule has 0 saturated carbocycles. The van der Waals surface area contributed by atoms with Crippen molar-refractivity contribution in [1.82, 2.24) is 14.8 Å². The maximum atomic E-state index is 8.79. The average molecular weight is 287 g/mol. The Kier molecular flexibility index (Phi) is 5.54. The topological polar surface area (TPSA) is 55.2 Å². The molecule has 0 spiro atoms. The number of aromatic nitrogens is 1. The Hall–Kier alpha value is -1.64. The fourth-order valence-corrected chi connectivity index (χ4v) is 2.71. The lowest BCUT2D eigenvalue weighted by molar-refractivity contribution is 0.0944. The van der Waals surface area contributed by atoms with Crippen LogP contribution in [0.5, 0.6) is 0 Å². The largest absolute Gasteiger partial charge is 0.368 e. The van der Waals surface area contributed by atoms with Crippen LogP contribution in [0, 0.1) is 17.2 Å². The zero-order valence-corrected chi connectivity index (χ0v) is 13.2. The van der Waals surface area contributed by atoms with Gasteiger partial charge in [-0.1, -0.05) is 13.8 Å². The summed E-state index contributed by atoms with van der Waals surface area (Å²) in [6.07, 6.45) is 1.61. The Morgan fingerprint density at radius 1 is 1.29 bits per heavy atom. The van der Waals surface area contributed by atoms with Crippen molar-refractivity contribution in [3.8, 4) is 6.07 Å². The minimum absolute atomic E-state index is 0.510. The first-order chi connectivity index (χ1) is 10.1. The van der Waals surface area contributed by atoms with Gasteiger partial charge in [-0.2, -0.15) is 5.26 Å². The van der Waals surface area contributed by atoms with Crippen LogP contribution in [0.4, 0.5) is 5.82 Å². The monoisotopic (exact) mass is 287 g/mol. The van der Waals surface area contributed by atoms with E-state index in [-0.39, 0.29) is 0 Å². The number of pyridine rings is 1. The summed E-state index contributed by atoms with van der Waals surface area (Å²) in [5, 5.41) is 12.2. The fraction of sp³-hybridized carbons (Fsp3) is 0.625. The number of anilines is 1. The summed E-state index contributed by atoms with van der Waals surface area (Å²) < 4.78 is 0. The third-order valence-corrected chi connectivity index (χ3v) is 4.16. The van der Waals surface area contributed by atoms with Crippen molar-refractivity contribution in [2.24, 2.45) is 5.92 Å². The second-order valence-electron chi connectivity index (χ2n) is 6.08. The summed E-state index contributed by atoms with van der Waals surface area (Å²) in [6, 6.07) is 6.28. The molecule has 1 unspecified atom stereocenters. The molecule has 1 aliphatic rings. The third kappa shape index (κ3) is 4.42. The van der Waals surface area contributed by atoms with Gasteiger partial charge in [0.1, 0.15) is 11.9 Å². The van der Waals surface area contributed by atoms with Crippen LogP contribution >= 0.6 is 0 Å². The van der Waals surface area contributed by atoms with E-state index in [0.29, 0.717) is 17.5 Å². The summed E-state index contributed by atoms with van der Waals surface area (Å²) in [5.74, 6) is 1.44. The van der Waals surface area contributed by atoms with Crippen LogP contribution in [0.25, 0.3) is 0 Å². The zero-order chi connectivity index (χ0) is 15.2. The van der Waals surface area contributed by atoms with Crippen LogP contribution in [0.2, 0.25) is 0 Å². The smallest absolute Gasteiger partial charge is 0.126 e. The van der Waals surface area contributed by atoms with E-state index in [4.69, 9.17) is 5.26 Å². The molecule has 0 radical (unpaired) electrons. The Bertz CT molecular complexity index is 468. The molecular weight excluding hydrogens is 262 g/mol. The predicted molar refractivity (Wildman–Crippen MR) is 85.1 cm³/mol. The highest BCUT2D eigenvalue weighted by atomic mass is 15.3. The van der Waals surface area contributed by atoms with Crippen molar-refractivity contribution in [2.45, 2.75) is 19.9 Å². The number of nitriles is 1. The number of piperazine rings is 1. The van der Waals surface area contributed by atoms with Crippen molar-refractivity contribution in [2.75, 3.05) is 45.1 Å². The fourth-order valence-electron chi connectivity index (χ4n) is 2.71. The highest BCUT2D eigenvalue weighted by Gasteiger charge is 2.24. The molecule has 1 aromatic heterocycles.